The van der Waals surface area contributed by atoms with Gasteiger partial charge in [-0.25, -0.2) is 0 Å². The monoisotopic (exact) mass is 287 g/mol. The smallest absolute Gasteiger partial charge is 0.0601 e. The Bertz CT molecular complexity index is 534. The Morgan fingerprint density at radius 2 is 2.30 bits per heavy atom. The molecule has 1 aliphatic carbocycles. The van der Waals surface area contributed by atoms with Crippen molar-refractivity contribution in [3.63, 3.8) is 0 Å². The zero-order chi connectivity index (χ0) is 13.8. The minimum absolute atomic E-state index is 0.739. The molecule has 0 bridgehead atoms. The summed E-state index contributed by atoms with van der Waals surface area (Å²) in [6.45, 7) is 5.12. The van der Waals surface area contributed by atoms with Crippen molar-refractivity contribution in [2.75, 3.05) is 11.4 Å². The van der Waals surface area contributed by atoms with Crippen molar-refractivity contribution in [3.05, 3.63) is 46.4 Å². The predicted octanol–water partition coefficient (Wildman–Crippen LogP) is 3.42. The van der Waals surface area contributed by atoms with E-state index in [2.05, 4.69) is 45.7 Å². The maximum atomic E-state index is 4.32. The van der Waals surface area contributed by atoms with E-state index in [1.54, 1.807) is 0 Å². The molecule has 0 atom stereocenters. The molecule has 0 spiro atoms. The van der Waals surface area contributed by atoms with E-state index in [1.807, 2.05) is 23.7 Å². The van der Waals surface area contributed by atoms with E-state index < -0.39 is 0 Å². The number of thiophene rings is 1. The molecule has 2 aromatic rings. The highest BCUT2D eigenvalue weighted by molar-refractivity contribution is 7.09. The van der Waals surface area contributed by atoms with Gasteiger partial charge >= 0.3 is 0 Å². The molecule has 1 saturated carbocycles. The second-order valence-corrected chi connectivity index (χ2v) is 6.29. The van der Waals surface area contributed by atoms with E-state index >= 15 is 0 Å². The Balaban J connectivity index is 1.75. The molecule has 1 aliphatic rings. The molecular formula is C16H21N3S. The van der Waals surface area contributed by atoms with Gasteiger partial charge in [-0.15, -0.1) is 11.3 Å². The summed E-state index contributed by atoms with van der Waals surface area (Å²) in [4.78, 5) is 8.13. The Labute approximate surface area is 124 Å². The van der Waals surface area contributed by atoms with Crippen LogP contribution in [0.2, 0.25) is 0 Å². The lowest BCUT2D eigenvalue weighted by molar-refractivity contribution is 0.682. The normalized spacial score (nSPS) is 14.4. The van der Waals surface area contributed by atoms with Gasteiger partial charge in [0, 0.05) is 30.2 Å². The maximum Gasteiger partial charge on any atom is 0.0601 e. The van der Waals surface area contributed by atoms with Crippen LogP contribution in [-0.4, -0.2) is 17.6 Å². The Morgan fingerprint density at radius 1 is 1.40 bits per heavy atom. The highest BCUT2D eigenvalue weighted by Gasteiger charge is 2.21. The molecular weight excluding hydrogens is 266 g/mol. The number of nitrogens with one attached hydrogen (secondary N) is 1. The first-order chi connectivity index (χ1) is 9.86. The van der Waals surface area contributed by atoms with Crippen LogP contribution in [-0.2, 0) is 13.1 Å². The fraction of sp³-hybridized carbons (Fsp3) is 0.438. The molecule has 0 aliphatic heterocycles. The Kier molecular flexibility index (Phi) is 4.33. The quantitative estimate of drug-likeness (QED) is 0.845. The van der Waals surface area contributed by atoms with Gasteiger partial charge in [-0.1, -0.05) is 6.07 Å². The zero-order valence-corrected chi connectivity index (χ0v) is 12.7. The summed E-state index contributed by atoms with van der Waals surface area (Å²) in [5.41, 5.74) is 2.61. The molecule has 106 valence electrons. The summed E-state index contributed by atoms with van der Waals surface area (Å²) in [5.74, 6) is 0. The minimum Gasteiger partial charge on any atom is -0.365 e. The molecule has 3 nitrogen and oxygen atoms in total. The van der Waals surface area contributed by atoms with Crippen LogP contribution in [0.4, 0.5) is 5.69 Å². The van der Waals surface area contributed by atoms with Crippen LogP contribution >= 0.6 is 11.3 Å². The van der Waals surface area contributed by atoms with Gasteiger partial charge in [0.1, 0.15) is 0 Å². The molecule has 0 unspecified atom stereocenters. The third-order valence-electron chi connectivity index (χ3n) is 3.70. The number of anilines is 1. The van der Waals surface area contributed by atoms with Gasteiger partial charge in [0.15, 0.2) is 0 Å². The number of nitrogens with zero attached hydrogens (tertiary/aromatic N) is 2. The molecule has 1 N–H and O–H groups in total. The van der Waals surface area contributed by atoms with E-state index in [-0.39, 0.29) is 0 Å². The molecule has 20 heavy (non-hydrogen) atoms. The van der Waals surface area contributed by atoms with E-state index in [1.165, 1.54) is 29.0 Å². The maximum absolute atomic E-state index is 4.32. The van der Waals surface area contributed by atoms with Crippen LogP contribution in [0.1, 0.15) is 30.2 Å². The number of hydrogen-bond acceptors (Lipinski definition) is 4. The number of rotatable bonds is 7. The lowest BCUT2D eigenvalue weighted by Crippen LogP contribution is -2.25. The van der Waals surface area contributed by atoms with Gasteiger partial charge in [-0.3, -0.25) is 4.98 Å². The van der Waals surface area contributed by atoms with Gasteiger partial charge in [0.25, 0.3) is 0 Å². The van der Waals surface area contributed by atoms with Gasteiger partial charge < -0.3 is 10.2 Å². The first-order valence-electron chi connectivity index (χ1n) is 7.30. The zero-order valence-electron chi connectivity index (χ0n) is 11.9. The van der Waals surface area contributed by atoms with Crippen molar-refractivity contribution >= 4 is 17.0 Å². The summed E-state index contributed by atoms with van der Waals surface area (Å²) < 4.78 is 0. The Hall–Kier alpha value is -1.39. The summed E-state index contributed by atoms with van der Waals surface area (Å²) in [6.07, 6.45) is 6.55. The van der Waals surface area contributed by atoms with E-state index in [4.69, 9.17) is 0 Å². The number of hydrogen-bond donors (Lipinski definition) is 1. The SMILES string of the molecule is CCN(Cc1cccs1)c1cnccc1CNC1CC1. The average molecular weight is 287 g/mol. The average Bonchev–Trinajstić information content (AvgIpc) is 3.18. The molecule has 4 heteroatoms. The number of pyridine rings is 1. The first kappa shape index (κ1) is 13.6. The highest BCUT2D eigenvalue weighted by Crippen LogP contribution is 2.24. The summed E-state index contributed by atoms with van der Waals surface area (Å²) in [5, 5.41) is 5.74. The van der Waals surface area contributed by atoms with Gasteiger partial charge in [0.2, 0.25) is 0 Å². The topological polar surface area (TPSA) is 28.2 Å². The largest absolute Gasteiger partial charge is 0.365 e. The summed E-state index contributed by atoms with van der Waals surface area (Å²) in [7, 11) is 0. The van der Waals surface area contributed by atoms with Crippen molar-refractivity contribution in [1.29, 1.82) is 0 Å². The first-order valence-corrected chi connectivity index (χ1v) is 8.18. The fourth-order valence-electron chi connectivity index (χ4n) is 2.35. The van der Waals surface area contributed by atoms with E-state index in [0.717, 1.165) is 25.7 Å². The fourth-order valence-corrected chi connectivity index (χ4v) is 3.07. The van der Waals surface area contributed by atoms with Crippen molar-refractivity contribution in [2.45, 2.75) is 38.9 Å². The summed E-state index contributed by atoms with van der Waals surface area (Å²) in [6, 6.07) is 7.20. The molecule has 3 rings (SSSR count). The second kappa shape index (κ2) is 6.37. The molecule has 0 saturated heterocycles. The second-order valence-electron chi connectivity index (χ2n) is 5.25. The van der Waals surface area contributed by atoms with Crippen LogP contribution < -0.4 is 10.2 Å². The summed E-state index contributed by atoms with van der Waals surface area (Å²) >= 11 is 1.82. The van der Waals surface area contributed by atoms with Gasteiger partial charge in [-0.2, -0.15) is 0 Å². The van der Waals surface area contributed by atoms with Gasteiger partial charge in [-0.05, 0) is 42.8 Å². The van der Waals surface area contributed by atoms with Crippen molar-refractivity contribution in [1.82, 2.24) is 10.3 Å². The van der Waals surface area contributed by atoms with Gasteiger partial charge in [0.05, 0.1) is 18.4 Å². The lowest BCUT2D eigenvalue weighted by Gasteiger charge is -2.25. The van der Waals surface area contributed by atoms with Crippen LogP contribution in [0.15, 0.2) is 36.0 Å². The van der Waals surface area contributed by atoms with E-state index in [0.29, 0.717) is 0 Å². The number of aromatic nitrogens is 1. The van der Waals surface area contributed by atoms with Crippen molar-refractivity contribution in [2.24, 2.45) is 0 Å². The molecule has 1 fully saturated rings. The van der Waals surface area contributed by atoms with Crippen LogP contribution in [0.5, 0.6) is 0 Å². The third kappa shape index (κ3) is 3.38. The van der Waals surface area contributed by atoms with E-state index in [9.17, 15) is 0 Å². The molecule has 0 amide bonds. The third-order valence-corrected chi connectivity index (χ3v) is 4.56. The van der Waals surface area contributed by atoms with Crippen molar-refractivity contribution in [3.8, 4) is 0 Å². The van der Waals surface area contributed by atoms with Crippen molar-refractivity contribution < 1.29 is 0 Å². The van der Waals surface area contributed by atoms with Crippen LogP contribution in [0.25, 0.3) is 0 Å². The van der Waals surface area contributed by atoms with Crippen LogP contribution in [0.3, 0.4) is 0 Å². The Morgan fingerprint density at radius 3 is 3.00 bits per heavy atom. The van der Waals surface area contributed by atoms with Crippen LogP contribution in [0, 0.1) is 0 Å². The lowest BCUT2D eigenvalue weighted by atomic mass is 10.2. The highest BCUT2D eigenvalue weighted by atomic mass is 32.1. The molecule has 0 radical (unpaired) electrons. The standard InChI is InChI=1S/C16H21N3S/c1-2-19(12-15-4-3-9-20-15)16-11-17-8-7-13(16)10-18-14-5-6-14/h3-4,7-9,11,14,18H,2,5-6,10,12H2,1H3. The predicted molar refractivity (Wildman–Crippen MR) is 85.1 cm³/mol. The molecule has 2 aromatic heterocycles. The molecule has 2 heterocycles. The molecule has 0 aromatic carbocycles. The minimum atomic E-state index is 0.739.